The minimum atomic E-state index is -0.757. The predicted molar refractivity (Wildman–Crippen MR) is 126 cm³/mol. The number of nitrogens with zero attached hydrogens (tertiary/aromatic N) is 1. The van der Waals surface area contributed by atoms with Crippen LogP contribution in [0.1, 0.15) is 35.8 Å². The Kier molecular flexibility index (Phi) is 8.35. The fourth-order valence-corrected chi connectivity index (χ4v) is 4.02. The van der Waals surface area contributed by atoms with Gasteiger partial charge in [-0.3, -0.25) is 4.90 Å². The molecular formula is C25H27Cl2NO3. The number of aromatic hydroxyl groups is 1. The van der Waals surface area contributed by atoms with E-state index in [0.717, 1.165) is 16.7 Å². The van der Waals surface area contributed by atoms with Gasteiger partial charge in [-0.2, -0.15) is 0 Å². The molecule has 0 aliphatic rings. The smallest absolute Gasteiger partial charge is 0.115 e. The lowest BCUT2D eigenvalue weighted by molar-refractivity contribution is 0.0480. The van der Waals surface area contributed by atoms with E-state index >= 15 is 0 Å². The SMILES string of the molecule is C[C@H](Cc1ccc(O)cc1)N(C[C@H](O)c1cccc(Cl)c1)C[C@H](O)c1cccc(Cl)c1. The van der Waals surface area contributed by atoms with Gasteiger partial charge in [0, 0.05) is 29.2 Å². The van der Waals surface area contributed by atoms with E-state index in [1.54, 1.807) is 36.4 Å². The Balaban J connectivity index is 1.78. The first-order valence-corrected chi connectivity index (χ1v) is 11.0. The molecule has 0 aliphatic carbocycles. The fourth-order valence-electron chi connectivity index (χ4n) is 3.62. The third-order valence-corrected chi connectivity index (χ3v) is 5.84. The molecule has 0 heterocycles. The van der Waals surface area contributed by atoms with E-state index in [9.17, 15) is 15.3 Å². The summed E-state index contributed by atoms with van der Waals surface area (Å²) in [5.74, 6) is 0.223. The van der Waals surface area contributed by atoms with Crippen molar-refractivity contribution in [2.75, 3.05) is 13.1 Å². The molecule has 3 aromatic rings. The Hall–Kier alpha value is -2.08. The number of aliphatic hydroxyl groups is 2. The second kappa shape index (κ2) is 11.0. The van der Waals surface area contributed by atoms with E-state index in [1.165, 1.54) is 0 Å². The molecule has 4 nitrogen and oxygen atoms in total. The maximum atomic E-state index is 10.9. The van der Waals surface area contributed by atoms with Crippen LogP contribution in [0.25, 0.3) is 0 Å². The monoisotopic (exact) mass is 459 g/mol. The first kappa shape index (κ1) is 23.6. The molecule has 0 radical (unpaired) electrons. The number of aliphatic hydroxyl groups excluding tert-OH is 2. The largest absolute Gasteiger partial charge is 0.508 e. The number of benzene rings is 3. The summed E-state index contributed by atoms with van der Waals surface area (Å²) in [6.07, 6.45) is -0.815. The van der Waals surface area contributed by atoms with Crippen LogP contribution in [0.5, 0.6) is 5.75 Å². The van der Waals surface area contributed by atoms with Crippen molar-refractivity contribution in [3.63, 3.8) is 0 Å². The molecule has 3 N–H and O–H groups in total. The van der Waals surface area contributed by atoms with Gasteiger partial charge in [0.2, 0.25) is 0 Å². The Morgan fingerprint density at radius 1 is 0.774 bits per heavy atom. The van der Waals surface area contributed by atoms with Crippen LogP contribution in [-0.4, -0.2) is 39.4 Å². The van der Waals surface area contributed by atoms with Crippen LogP contribution in [0.4, 0.5) is 0 Å². The minimum absolute atomic E-state index is 0.0206. The van der Waals surface area contributed by atoms with Gasteiger partial charge in [0.1, 0.15) is 5.75 Å². The normalized spacial score (nSPS) is 14.4. The van der Waals surface area contributed by atoms with Gasteiger partial charge in [-0.25, -0.2) is 0 Å². The van der Waals surface area contributed by atoms with E-state index < -0.39 is 12.2 Å². The third-order valence-electron chi connectivity index (χ3n) is 5.37. The first-order valence-electron chi connectivity index (χ1n) is 10.2. The zero-order valence-electron chi connectivity index (χ0n) is 17.3. The number of hydrogen-bond acceptors (Lipinski definition) is 4. The molecule has 3 rings (SSSR count). The molecule has 3 atom stereocenters. The third kappa shape index (κ3) is 6.96. The molecule has 164 valence electrons. The second-order valence-electron chi connectivity index (χ2n) is 7.82. The maximum absolute atomic E-state index is 10.9. The molecule has 0 aromatic heterocycles. The standard InChI is InChI=1S/C25H27Cl2NO3/c1-17(12-18-8-10-23(29)11-9-18)28(15-24(30)19-4-2-6-21(26)13-19)16-25(31)20-5-3-7-22(27)14-20/h2-11,13-14,17,24-25,29-31H,12,15-16H2,1H3/t17-,24+,25+/m1/s1. The van der Waals surface area contributed by atoms with Crippen LogP contribution >= 0.6 is 23.2 Å². The molecule has 0 unspecified atom stereocenters. The lowest BCUT2D eigenvalue weighted by Crippen LogP contribution is -2.40. The van der Waals surface area contributed by atoms with Crippen LogP contribution in [-0.2, 0) is 6.42 Å². The van der Waals surface area contributed by atoms with E-state index in [2.05, 4.69) is 11.8 Å². The summed E-state index contributed by atoms with van der Waals surface area (Å²) in [6, 6.07) is 21.4. The zero-order chi connectivity index (χ0) is 22.4. The molecule has 0 amide bonds. The number of phenols is 1. The summed E-state index contributed by atoms with van der Waals surface area (Å²) in [4.78, 5) is 2.06. The summed E-state index contributed by atoms with van der Waals surface area (Å²) in [6.45, 7) is 2.72. The van der Waals surface area contributed by atoms with E-state index in [1.807, 2.05) is 36.4 Å². The van der Waals surface area contributed by atoms with Crippen molar-refractivity contribution in [3.8, 4) is 5.75 Å². The second-order valence-corrected chi connectivity index (χ2v) is 8.69. The molecule has 0 spiro atoms. The molecule has 0 fully saturated rings. The highest BCUT2D eigenvalue weighted by atomic mass is 35.5. The predicted octanol–water partition coefficient (Wildman–Crippen LogP) is 5.40. The minimum Gasteiger partial charge on any atom is -0.508 e. The molecule has 3 aromatic carbocycles. The summed E-state index contributed by atoms with van der Waals surface area (Å²) in [5, 5.41) is 32.4. The van der Waals surface area contributed by atoms with Crippen molar-refractivity contribution < 1.29 is 15.3 Å². The number of phenolic OH excluding ortho intramolecular Hbond substituents is 1. The number of halogens is 2. The van der Waals surface area contributed by atoms with Crippen LogP contribution in [0, 0.1) is 0 Å². The zero-order valence-corrected chi connectivity index (χ0v) is 18.8. The molecule has 0 saturated carbocycles. The van der Waals surface area contributed by atoms with Crippen molar-refractivity contribution in [1.29, 1.82) is 0 Å². The van der Waals surface area contributed by atoms with Gasteiger partial charge in [0.25, 0.3) is 0 Å². The highest BCUT2D eigenvalue weighted by Gasteiger charge is 2.23. The van der Waals surface area contributed by atoms with Gasteiger partial charge in [0.15, 0.2) is 0 Å². The van der Waals surface area contributed by atoms with Crippen molar-refractivity contribution >= 4 is 23.2 Å². The molecule has 31 heavy (non-hydrogen) atoms. The highest BCUT2D eigenvalue weighted by Crippen LogP contribution is 2.24. The van der Waals surface area contributed by atoms with Crippen molar-refractivity contribution in [2.45, 2.75) is 31.6 Å². The van der Waals surface area contributed by atoms with E-state index in [4.69, 9.17) is 23.2 Å². The Labute approximate surface area is 193 Å². The van der Waals surface area contributed by atoms with Crippen LogP contribution in [0.3, 0.4) is 0 Å². The van der Waals surface area contributed by atoms with E-state index in [-0.39, 0.29) is 11.8 Å². The Bertz CT molecular complexity index is 927. The maximum Gasteiger partial charge on any atom is 0.115 e. The number of rotatable bonds is 9. The van der Waals surface area contributed by atoms with Crippen molar-refractivity contribution in [3.05, 3.63) is 99.5 Å². The quantitative estimate of drug-likeness (QED) is 0.400. The lowest BCUT2D eigenvalue weighted by Gasteiger charge is -2.33. The summed E-state index contributed by atoms with van der Waals surface area (Å²) in [7, 11) is 0. The van der Waals surface area contributed by atoms with Gasteiger partial charge < -0.3 is 15.3 Å². The average molecular weight is 460 g/mol. The van der Waals surface area contributed by atoms with Gasteiger partial charge >= 0.3 is 0 Å². The van der Waals surface area contributed by atoms with Gasteiger partial charge in [-0.1, -0.05) is 59.6 Å². The van der Waals surface area contributed by atoms with Crippen molar-refractivity contribution in [1.82, 2.24) is 4.90 Å². The lowest BCUT2D eigenvalue weighted by atomic mass is 10.0. The first-order chi connectivity index (χ1) is 14.8. The Morgan fingerprint density at radius 3 is 1.71 bits per heavy atom. The van der Waals surface area contributed by atoms with Gasteiger partial charge in [0.05, 0.1) is 12.2 Å². The van der Waals surface area contributed by atoms with Crippen molar-refractivity contribution in [2.24, 2.45) is 0 Å². The molecule has 0 bridgehead atoms. The molecule has 0 aliphatic heterocycles. The average Bonchev–Trinajstić information content (AvgIpc) is 2.74. The summed E-state index contributed by atoms with van der Waals surface area (Å²) >= 11 is 12.2. The van der Waals surface area contributed by atoms with Gasteiger partial charge in [-0.15, -0.1) is 0 Å². The topological polar surface area (TPSA) is 63.9 Å². The molecule has 0 saturated heterocycles. The molecular weight excluding hydrogens is 433 g/mol. The van der Waals surface area contributed by atoms with Crippen LogP contribution < -0.4 is 0 Å². The highest BCUT2D eigenvalue weighted by molar-refractivity contribution is 6.30. The molecule has 6 heteroatoms. The van der Waals surface area contributed by atoms with Gasteiger partial charge in [-0.05, 0) is 66.4 Å². The number of hydrogen-bond donors (Lipinski definition) is 3. The van der Waals surface area contributed by atoms with Crippen LogP contribution in [0.15, 0.2) is 72.8 Å². The van der Waals surface area contributed by atoms with E-state index in [0.29, 0.717) is 29.6 Å². The summed E-state index contributed by atoms with van der Waals surface area (Å²) in [5.41, 5.74) is 2.52. The van der Waals surface area contributed by atoms with Crippen LogP contribution in [0.2, 0.25) is 10.0 Å². The fraction of sp³-hybridized carbons (Fsp3) is 0.280. The summed E-state index contributed by atoms with van der Waals surface area (Å²) < 4.78 is 0. The Morgan fingerprint density at radius 2 is 1.26 bits per heavy atom.